The van der Waals surface area contributed by atoms with Crippen molar-refractivity contribution in [2.45, 2.75) is 57.9 Å². The third kappa shape index (κ3) is 5.10. The molecule has 2 atom stereocenters. The van der Waals surface area contributed by atoms with Crippen molar-refractivity contribution in [2.24, 2.45) is 5.41 Å². The van der Waals surface area contributed by atoms with Crippen LogP contribution in [-0.4, -0.2) is 52.1 Å². The van der Waals surface area contributed by atoms with Crippen molar-refractivity contribution >= 4 is 17.7 Å². The number of fused-ring (bicyclic) bond motifs is 1. The number of nitrogens with zero attached hydrogens (tertiary/aromatic N) is 3. The van der Waals surface area contributed by atoms with Crippen LogP contribution in [0.5, 0.6) is 5.88 Å². The van der Waals surface area contributed by atoms with E-state index in [1.54, 1.807) is 23.2 Å². The minimum atomic E-state index is -0.940. The van der Waals surface area contributed by atoms with Crippen LogP contribution in [0.15, 0.2) is 30.5 Å². The Morgan fingerprint density at radius 2 is 2.15 bits per heavy atom. The van der Waals surface area contributed by atoms with Crippen LogP contribution >= 0.6 is 0 Å². The second-order valence-electron chi connectivity index (χ2n) is 9.29. The smallest absolute Gasteiger partial charge is 0.305 e. The number of carboxylic acids is 1. The topological polar surface area (TPSA) is 105 Å². The van der Waals surface area contributed by atoms with E-state index in [0.717, 1.165) is 56.6 Å². The number of carbonyl (C=O) groups is 2. The van der Waals surface area contributed by atoms with Crippen molar-refractivity contribution in [3.05, 3.63) is 47.3 Å². The van der Waals surface area contributed by atoms with Crippen molar-refractivity contribution in [1.29, 1.82) is 0 Å². The van der Waals surface area contributed by atoms with Crippen LogP contribution in [0.4, 0.5) is 5.82 Å². The van der Waals surface area contributed by atoms with Crippen molar-refractivity contribution in [3.8, 4) is 5.88 Å². The molecule has 0 spiro atoms. The number of carbonyl (C=O) groups excluding carboxylic acids is 1. The molecule has 2 aliphatic heterocycles. The Labute approximate surface area is 194 Å². The minimum absolute atomic E-state index is 0.0145. The summed E-state index contributed by atoms with van der Waals surface area (Å²) < 4.78 is 5.08. The lowest BCUT2D eigenvalue weighted by molar-refractivity contribution is -0.165. The van der Waals surface area contributed by atoms with E-state index in [-0.39, 0.29) is 12.3 Å². The fraction of sp³-hybridized carbons (Fsp3) is 0.520. The van der Waals surface area contributed by atoms with Gasteiger partial charge in [0.05, 0.1) is 25.0 Å². The lowest BCUT2D eigenvalue weighted by Gasteiger charge is -2.50. The van der Waals surface area contributed by atoms with Gasteiger partial charge in [0.2, 0.25) is 11.8 Å². The summed E-state index contributed by atoms with van der Waals surface area (Å²) in [5.41, 5.74) is 2.64. The number of likely N-dealkylation sites (tertiary alicyclic amines) is 1. The molecule has 1 unspecified atom stereocenters. The largest absolute Gasteiger partial charge is 0.481 e. The molecule has 33 heavy (non-hydrogen) atoms. The Kier molecular flexibility index (Phi) is 6.81. The van der Waals surface area contributed by atoms with Gasteiger partial charge in [0.1, 0.15) is 5.82 Å². The third-order valence-corrected chi connectivity index (χ3v) is 6.76. The van der Waals surface area contributed by atoms with Gasteiger partial charge in [0.15, 0.2) is 0 Å². The molecule has 176 valence electrons. The fourth-order valence-electron chi connectivity index (χ4n) is 4.82. The van der Waals surface area contributed by atoms with Gasteiger partial charge in [-0.15, -0.1) is 0 Å². The van der Waals surface area contributed by atoms with E-state index < -0.39 is 17.4 Å². The van der Waals surface area contributed by atoms with Gasteiger partial charge in [-0.1, -0.05) is 18.6 Å². The monoisotopic (exact) mass is 452 g/mol. The maximum absolute atomic E-state index is 13.1. The Bertz CT molecular complexity index is 1010. The molecule has 4 heterocycles. The van der Waals surface area contributed by atoms with Crippen LogP contribution in [0.2, 0.25) is 0 Å². The summed E-state index contributed by atoms with van der Waals surface area (Å²) in [5.74, 6) is 0.551. The van der Waals surface area contributed by atoms with Crippen LogP contribution in [0.25, 0.3) is 0 Å². The predicted octanol–water partition coefficient (Wildman–Crippen LogP) is 3.62. The van der Waals surface area contributed by atoms with Crippen LogP contribution in [0.3, 0.4) is 0 Å². The quantitative estimate of drug-likeness (QED) is 0.419. The lowest BCUT2D eigenvalue weighted by atomic mass is 9.74. The van der Waals surface area contributed by atoms with Gasteiger partial charge in [-0.25, -0.2) is 9.97 Å². The molecule has 2 aliphatic rings. The van der Waals surface area contributed by atoms with E-state index in [1.807, 2.05) is 6.92 Å². The molecule has 1 fully saturated rings. The molecule has 1 saturated heterocycles. The number of methoxy groups -OCH3 is 1. The number of amides is 1. The number of carboxylic acid groups (broad SMARTS) is 1. The molecule has 0 saturated carbocycles. The van der Waals surface area contributed by atoms with Crippen LogP contribution in [0, 0.1) is 5.41 Å². The zero-order valence-corrected chi connectivity index (χ0v) is 19.3. The molecule has 4 rings (SSSR count). The Morgan fingerprint density at radius 3 is 2.85 bits per heavy atom. The number of rotatable bonds is 10. The summed E-state index contributed by atoms with van der Waals surface area (Å²) in [5, 5.41) is 12.8. The highest BCUT2D eigenvalue weighted by molar-refractivity contribution is 5.89. The number of hydrogen-bond acceptors (Lipinski definition) is 6. The van der Waals surface area contributed by atoms with Gasteiger partial charge in [-0.05, 0) is 56.2 Å². The highest BCUT2D eigenvalue weighted by Crippen LogP contribution is 2.43. The second-order valence-corrected chi connectivity index (χ2v) is 9.29. The first-order chi connectivity index (χ1) is 15.9. The SMILES string of the molecule is COc1ccc(C(CC(=O)O)N2C[C@](C)(CCCCc3ccc4c(n3)NCCC4)C2=O)cn1. The summed E-state index contributed by atoms with van der Waals surface area (Å²) in [6.07, 6.45) is 7.26. The molecule has 8 heteroatoms. The molecule has 8 nitrogen and oxygen atoms in total. The van der Waals surface area contributed by atoms with Gasteiger partial charge in [0.25, 0.3) is 0 Å². The first-order valence-electron chi connectivity index (χ1n) is 11.6. The summed E-state index contributed by atoms with van der Waals surface area (Å²) >= 11 is 0. The maximum Gasteiger partial charge on any atom is 0.305 e. The molecule has 0 radical (unpaired) electrons. The first-order valence-corrected chi connectivity index (χ1v) is 11.6. The van der Waals surface area contributed by atoms with Crippen molar-refractivity contribution < 1.29 is 19.4 Å². The zero-order valence-electron chi connectivity index (χ0n) is 19.3. The standard InChI is InChI=1S/C25H32N4O4/c1-25(12-4-3-7-19-10-8-17-6-5-13-26-23(17)28-19)16-29(24(25)32)20(14-22(30)31)18-9-11-21(33-2)27-15-18/h8-11,15,20H,3-7,12-14,16H2,1-2H3,(H,26,28)(H,30,31)/t20?,25-/m0/s1. The van der Waals surface area contributed by atoms with E-state index in [2.05, 4.69) is 22.4 Å². The summed E-state index contributed by atoms with van der Waals surface area (Å²) in [7, 11) is 1.53. The van der Waals surface area contributed by atoms with E-state index in [0.29, 0.717) is 18.0 Å². The molecule has 2 aromatic rings. The first kappa shape index (κ1) is 23.0. The molecular weight excluding hydrogens is 420 g/mol. The second kappa shape index (κ2) is 9.77. The number of aromatic nitrogens is 2. The summed E-state index contributed by atoms with van der Waals surface area (Å²) in [4.78, 5) is 35.2. The molecule has 0 bridgehead atoms. The Hall–Kier alpha value is -3.16. The van der Waals surface area contributed by atoms with Gasteiger partial charge < -0.3 is 20.1 Å². The van der Waals surface area contributed by atoms with E-state index >= 15 is 0 Å². The van der Waals surface area contributed by atoms with Crippen molar-refractivity contribution in [3.63, 3.8) is 0 Å². The van der Waals surface area contributed by atoms with Gasteiger partial charge >= 0.3 is 5.97 Å². The minimum Gasteiger partial charge on any atom is -0.481 e. The molecule has 2 N–H and O–H groups in total. The summed E-state index contributed by atoms with van der Waals surface area (Å²) in [6, 6.07) is 7.24. The van der Waals surface area contributed by atoms with E-state index in [4.69, 9.17) is 9.72 Å². The van der Waals surface area contributed by atoms with E-state index in [1.165, 1.54) is 12.7 Å². The van der Waals surface area contributed by atoms with Crippen LogP contribution < -0.4 is 10.1 Å². The van der Waals surface area contributed by atoms with Gasteiger partial charge in [0, 0.05) is 31.0 Å². The van der Waals surface area contributed by atoms with E-state index in [9.17, 15) is 14.7 Å². The highest BCUT2D eigenvalue weighted by Gasteiger charge is 2.50. The average Bonchev–Trinajstić information content (AvgIpc) is 2.83. The lowest BCUT2D eigenvalue weighted by Crippen LogP contribution is -2.61. The molecular formula is C25H32N4O4. The number of β-lactam (4-membered cyclic amide) rings is 1. The maximum atomic E-state index is 13.1. The number of aryl methyl sites for hydroxylation is 2. The average molecular weight is 453 g/mol. The predicted molar refractivity (Wildman–Crippen MR) is 124 cm³/mol. The zero-order chi connectivity index (χ0) is 23.4. The molecule has 0 aromatic carbocycles. The number of pyridine rings is 2. The molecule has 2 aromatic heterocycles. The summed E-state index contributed by atoms with van der Waals surface area (Å²) in [6.45, 7) is 3.52. The van der Waals surface area contributed by atoms with Crippen LogP contribution in [0.1, 0.15) is 61.9 Å². The highest BCUT2D eigenvalue weighted by atomic mass is 16.5. The van der Waals surface area contributed by atoms with Crippen molar-refractivity contribution in [1.82, 2.24) is 14.9 Å². The molecule has 0 aliphatic carbocycles. The Morgan fingerprint density at radius 1 is 1.30 bits per heavy atom. The third-order valence-electron chi connectivity index (χ3n) is 6.76. The number of unbranched alkanes of at least 4 members (excludes halogenated alkanes) is 1. The normalized spacial score (nSPS) is 20.4. The van der Waals surface area contributed by atoms with Gasteiger partial charge in [-0.2, -0.15) is 0 Å². The number of anilines is 1. The fourth-order valence-corrected chi connectivity index (χ4v) is 4.82. The number of nitrogens with one attached hydrogen (secondary N) is 1. The van der Waals surface area contributed by atoms with Crippen LogP contribution in [-0.2, 0) is 22.4 Å². The van der Waals surface area contributed by atoms with Crippen molar-refractivity contribution in [2.75, 3.05) is 25.5 Å². The van der Waals surface area contributed by atoms with Gasteiger partial charge in [-0.3, -0.25) is 9.59 Å². The molecule has 1 amide bonds. The number of hydrogen-bond donors (Lipinski definition) is 2. The number of ether oxygens (including phenoxy) is 1. The Balaban J connectivity index is 1.31. The number of aliphatic carboxylic acids is 1.